The molecular weight excluding hydrogens is 286 g/mol. The fourth-order valence-corrected chi connectivity index (χ4v) is 4.58. The molecule has 0 spiro atoms. The third kappa shape index (κ3) is 2.18. The summed E-state index contributed by atoms with van der Waals surface area (Å²) in [6, 6.07) is 3.36. The molecule has 0 atom stereocenters. The van der Waals surface area contributed by atoms with Gasteiger partial charge in [0.05, 0.1) is 3.79 Å². The van der Waals surface area contributed by atoms with Crippen LogP contribution in [0.5, 0.6) is 0 Å². The molecule has 3 nitrogen and oxygen atoms in total. The number of sulfonamides is 1. The number of rotatable bonds is 3. The number of nitrogens with one attached hydrogen (secondary N) is 1. The molecule has 14 heavy (non-hydrogen) atoms. The van der Waals surface area contributed by atoms with E-state index in [2.05, 4.69) is 20.7 Å². The van der Waals surface area contributed by atoms with E-state index in [0.29, 0.717) is 4.21 Å². The maximum atomic E-state index is 11.8. The van der Waals surface area contributed by atoms with Crippen LogP contribution in [0.25, 0.3) is 0 Å². The molecule has 1 aliphatic rings. The van der Waals surface area contributed by atoms with E-state index in [0.717, 1.165) is 16.6 Å². The Labute approximate surface area is 95.7 Å². The third-order valence-electron chi connectivity index (χ3n) is 2.19. The molecule has 6 heteroatoms. The quantitative estimate of drug-likeness (QED) is 0.930. The van der Waals surface area contributed by atoms with E-state index >= 15 is 0 Å². The Balaban J connectivity index is 2.24. The Kier molecular flexibility index (Phi) is 2.50. The molecule has 1 aromatic heterocycles. The van der Waals surface area contributed by atoms with Crippen LogP contribution in [-0.2, 0) is 10.0 Å². The molecule has 0 aromatic carbocycles. The van der Waals surface area contributed by atoms with Gasteiger partial charge in [0.15, 0.2) is 0 Å². The van der Waals surface area contributed by atoms with E-state index in [9.17, 15) is 8.42 Å². The van der Waals surface area contributed by atoms with Crippen LogP contribution >= 0.6 is 27.3 Å². The zero-order chi connectivity index (χ0) is 10.4. The highest BCUT2D eigenvalue weighted by Gasteiger charge is 2.41. The van der Waals surface area contributed by atoms with Crippen LogP contribution in [0.15, 0.2) is 20.1 Å². The van der Waals surface area contributed by atoms with Crippen LogP contribution < -0.4 is 4.72 Å². The van der Waals surface area contributed by atoms with Crippen molar-refractivity contribution in [1.82, 2.24) is 4.72 Å². The minimum absolute atomic E-state index is 0.199. The summed E-state index contributed by atoms with van der Waals surface area (Å²) in [6.07, 6.45) is 1.86. The van der Waals surface area contributed by atoms with E-state index in [1.165, 1.54) is 11.3 Å². The van der Waals surface area contributed by atoms with Crippen LogP contribution in [0.2, 0.25) is 0 Å². The molecule has 0 aliphatic heterocycles. The standard InChI is InChI=1S/C8H10BrNO2S2/c1-8(4-5-8)10-14(11,12)7-3-2-6(9)13-7/h2-3,10H,4-5H2,1H3. The van der Waals surface area contributed by atoms with Crippen molar-refractivity contribution in [1.29, 1.82) is 0 Å². The largest absolute Gasteiger partial charge is 0.250 e. The molecule has 1 N–H and O–H groups in total. The van der Waals surface area contributed by atoms with Gasteiger partial charge in [-0.05, 0) is 47.8 Å². The average molecular weight is 296 g/mol. The van der Waals surface area contributed by atoms with Crippen LogP contribution in [0, 0.1) is 0 Å². The molecule has 1 heterocycles. The van der Waals surface area contributed by atoms with E-state index in [-0.39, 0.29) is 5.54 Å². The molecule has 0 unspecified atom stereocenters. The first-order valence-corrected chi connectivity index (χ1v) is 7.30. The Bertz CT molecular complexity index is 448. The molecule has 0 bridgehead atoms. The van der Waals surface area contributed by atoms with E-state index in [1.807, 2.05) is 6.92 Å². The second-order valence-corrected chi connectivity index (χ2v) is 8.10. The zero-order valence-electron chi connectivity index (χ0n) is 7.58. The van der Waals surface area contributed by atoms with Gasteiger partial charge in [-0.25, -0.2) is 13.1 Å². The lowest BCUT2D eigenvalue weighted by molar-refractivity contribution is 0.560. The Morgan fingerprint density at radius 1 is 1.50 bits per heavy atom. The third-order valence-corrected chi connectivity index (χ3v) is 5.95. The summed E-state index contributed by atoms with van der Waals surface area (Å²) >= 11 is 4.48. The molecule has 0 radical (unpaired) electrons. The maximum absolute atomic E-state index is 11.8. The summed E-state index contributed by atoms with van der Waals surface area (Å²) in [6.45, 7) is 1.92. The summed E-state index contributed by atoms with van der Waals surface area (Å²) in [5, 5.41) is 0. The van der Waals surface area contributed by atoms with Gasteiger partial charge in [0, 0.05) is 5.54 Å². The molecule has 1 aliphatic carbocycles. The summed E-state index contributed by atoms with van der Waals surface area (Å²) < 4.78 is 27.5. The normalized spacial score (nSPS) is 19.6. The predicted molar refractivity (Wildman–Crippen MR) is 60.0 cm³/mol. The Hall–Kier alpha value is 0.0900. The van der Waals surface area contributed by atoms with Gasteiger partial charge in [-0.15, -0.1) is 11.3 Å². The minimum atomic E-state index is -3.30. The van der Waals surface area contributed by atoms with E-state index in [1.54, 1.807) is 12.1 Å². The van der Waals surface area contributed by atoms with Gasteiger partial charge in [0.2, 0.25) is 0 Å². The van der Waals surface area contributed by atoms with Gasteiger partial charge in [0.1, 0.15) is 4.21 Å². The monoisotopic (exact) mass is 295 g/mol. The van der Waals surface area contributed by atoms with Crippen molar-refractivity contribution in [2.24, 2.45) is 0 Å². The molecule has 78 valence electrons. The molecule has 1 aromatic rings. The molecule has 0 amide bonds. The van der Waals surface area contributed by atoms with Crippen LogP contribution in [-0.4, -0.2) is 14.0 Å². The van der Waals surface area contributed by atoms with Gasteiger partial charge in [-0.1, -0.05) is 0 Å². The van der Waals surface area contributed by atoms with Crippen LogP contribution in [0.3, 0.4) is 0 Å². The topological polar surface area (TPSA) is 46.2 Å². The second-order valence-electron chi connectivity index (χ2n) is 3.72. The van der Waals surface area contributed by atoms with Crippen LogP contribution in [0.1, 0.15) is 19.8 Å². The minimum Gasteiger partial charge on any atom is -0.206 e. The van der Waals surface area contributed by atoms with Gasteiger partial charge < -0.3 is 0 Å². The predicted octanol–water partition coefficient (Wildman–Crippen LogP) is 2.34. The van der Waals surface area contributed by atoms with Crippen molar-refractivity contribution in [3.8, 4) is 0 Å². The van der Waals surface area contributed by atoms with Gasteiger partial charge in [-0.2, -0.15) is 0 Å². The Morgan fingerprint density at radius 2 is 2.14 bits per heavy atom. The number of thiophene rings is 1. The smallest absolute Gasteiger partial charge is 0.206 e. The number of halogens is 1. The molecule has 2 rings (SSSR count). The van der Waals surface area contributed by atoms with Crippen LogP contribution in [0.4, 0.5) is 0 Å². The average Bonchev–Trinajstić information content (AvgIpc) is 2.61. The summed E-state index contributed by atoms with van der Waals surface area (Å²) in [5.41, 5.74) is -0.199. The summed E-state index contributed by atoms with van der Waals surface area (Å²) in [4.78, 5) is 0. The highest BCUT2D eigenvalue weighted by Crippen LogP contribution is 2.37. The summed E-state index contributed by atoms with van der Waals surface area (Å²) in [5.74, 6) is 0. The highest BCUT2D eigenvalue weighted by atomic mass is 79.9. The summed E-state index contributed by atoms with van der Waals surface area (Å²) in [7, 11) is -3.30. The maximum Gasteiger partial charge on any atom is 0.250 e. The van der Waals surface area contributed by atoms with Crippen molar-refractivity contribution in [2.45, 2.75) is 29.5 Å². The van der Waals surface area contributed by atoms with Gasteiger partial charge in [-0.3, -0.25) is 0 Å². The Morgan fingerprint density at radius 3 is 2.57 bits per heavy atom. The first kappa shape index (κ1) is 10.6. The lowest BCUT2D eigenvalue weighted by Gasteiger charge is -2.09. The molecule has 1 saturated carbocycles. The van der Waals surface area contributed by atoms with Crippen molar-refractivity contribution in [3.63, 3.8) is 0 Å². The first-order valence-electron chi connectivity index (χ1n) is 4.21. The lowest BCUT2D eigenvalue weighted by Crippen LogP contribution is -2.33. The van der Waals surface area contributed by atoms with Crippen molar-refractivity contribution >= 4 is 37.3 Å². The molecule has 1 fully saturated rings. The SMILES string of the molecule is CC1(NS(=O)(=O)c2ccc(Br)s2)CC1. The fourth-order valence-electron chi connectivity index (χ4n) is 1.11. The lowest BCUT2D eigenvalue weighted by atomic mass is 10.4. The van der Waals surface area contributed by atoms with Gasteiger partial charge in [0.25, 0.3) is 10.0 Å². The first-order chi connectivity index (χ1) is 6.41. The van der Waals surface area contributed by atoms with Crippen molar-refractivity contribution in [2.75, 3.05) is 0 Å². The van der Waals surface area contributed by atoms with Crippen molar-refractivity contribution < 1.29 is 8.42 Å². The van der Waals surface area contributed by atoms with E-state index < -0.39 is 10.0 Å². The zero-order valence-corrected chi connectivity index (χ0v) is 10.8. The van der Waals surface area contributed by atoms with Gasteiger partial charge >= 0.3 is 0 Å². The molecule has 0 saturated heterocycles. The van der Waals surface area contributed by atoms with E-state index in [4.69, 9.17) is 0 Å². The fraction of sp³-hybridized carbons (Fsp3) is 0.500. The molecular formula is C8H10BrNO2S2. The highest BCUT2D eigenvalue weighted by molar-refractivity contribution is 9.11. The second kappa shape index (κ2) is 3.30. The van der Waals surface area contributed by atoms with Crippen molar-refractivity contribution in [3.05, 3.63) is 15.9 Å². The number of hydrogen-bond donors (Lipinski definition) is 1. The number of hydrogen-bond acceptors (Lipinski definition) is 3.